The molecular weight excluding hydrogens is 508 g/mol. The van der Waals surface area contributed by atoms with E-state index in [2.05, 4.69) is 11.9 Å². The number of hydrogen-bond acceptors (Lipinski definition) is 5. The number of aliphatic imine (C=N–C) groups is 1. The van der Waals surface area contributed by atoms with Gasteiger partial charge in [0.15, 0.2) is 0 Å². The maximum absolute atomic E-state index is 13.3. The Hall–Kier alpha value is -3.88. The van der Waals surface area contributed by atoms with Crippen molar-refractivity contribution in [2.24, 2.45) is 16.6 Å². The molecule has 0 aliphatic carbocycles. The molecule has 9 heteroatoms. The zero-order chi connectivity index (χ0) is 28.5. The summed E-state index contributed by atoms with van der Waals surface area (Å²) in [7, 11) is 0. The molecule has 2 aliphatic heterocycles. The topological polar surface area (TPSA) is 126 Å². The highest BCUT2D eigenvalue weighted by molar-refractivity contribution is 5.97. The lowest BCUT2D eigenvalue weighted by atomic mass is 9.92. The van der Waals surface area contributed by atoms with Crippen molar-refractivity contribution in [3.05, 3.63) is 71.3 Å². The van der Waals surface area contributed by atoms with Crippen LogP contribution < -0.4 is 5.73 Å². The zero-order valence-electron chi connectivity index (χ0n) is 23.2. The van der Waals surface area contributed by atoms with Crippen molar-refractivity contribution < 1.29 is 24.2 Å². The summed E-state index contributed by atoms with van der Waals surface area (Å²) in [6, 6.07) is 17.3. The van der Waals surface area contributed by atoms with Crippen LogP contribution in [-0.2, 0) is 20.9 Å². The van der Waals surface area contributed by atoms with Crippen LogP contribution in [0.1, 0.15) is 74.6 Å². The molecule has 9 nitrogen and oxygen atoms in total. The SMILES string of the molecule is CCCCN=C(N)c1ccc([C@@H]2C[C@H](CC(=O)N3CCC(CC(=O)O)CC3)OC(=O)N2Cc2ccccc2)cc1. The number of carboxylic acids is 1. The Morgan fingerprint density at radius 3 is 2.40 bits per heavy atom. The Labute approximate surface area is 236 Å². The van der Waals surface area contributed by atoms with Crippen LogP contribution in [0.15, 0.2) is 59.6 Å². The van der Waals surface area contributed by atoms with Crippen LogP contribution in [0, 0.1) is 5.92 Å². The average molecular weight is 549 g/mol. The van der Waals surface area contributed by atoms with Gasteiger partial charge >= 0.3 is 12.1 Å². The third kappa shape index (κ3) is 7.83. The molecular formula is C31H40N4O5. The third-order valence-electron chi connectivity index (χ3n) is 7.78. The second-order valence-corrected chi connectivity index (χ2v) is 10.7. The Morgan fingerprint density at radius 2 is 1.75 bits per heavy atom. The number of nitrogens with two attached hydrogens (primary N) is 1. The number of amidine groups is 1. The molecule has 40 heavy (non-hydrogen) atoms. The van der Waals surface area contributed by atoms with Crippen molar-refractivity contribution in [2.45, 2.75) is 70.6 Å². The summed E-state index contributed by atoms with van der Waals surface area (Å²) in [5.74, 6) is -0.267. The number of carbonyl (C=O) groups excluding carboxylic acids is 2. The quantitative estimate of drug-likeness (QED) is 0.237. The van der Waals surface area contributed by atoms with Crippen LogP contribution >= 0.6 is 0 Å². The average Bonchev–Trinajstić information content (AvgIpc) is 2.95. The number of carbonyl (C=O) groups is 3. The predicted octanol–water partition coefficient (Wildman–Crippen LogP) is 4.75. The maximum atomic E-state index is 13.3. The molecule has 2 atom stereocenters. The van der Waals surface area contributed by atoms with Gasteiger partial charge < -0.3 is 20.5 Å². The summed E-state index contributed by atoms with van der Waals surface area (Å²) in [5, 5.41) is 9.06. The van der Waals surface area contributed by atoms with Gasteiger partial charge in [-0.05, 0) is 36.3 Å². The Kier molecular flexibility index (Phi) is 10.2. The number of hydrogen-bond donors (Lipinski definition) is 2. The molecule has 2 aromatic rings. The largest absolute Gasteiger partial charge is 0.481 e. The molecule has 2 aromatic carbocycles. The molecule has 0 radical (unpaired) electrons. The minimum atomic E-state index is -0.801. The smallest absolute Gasteiger partial charge is 0.410 e. The van der Waals surface area contributed by atoms with E-state index in [0.717, 1.165) is 29.5 Å². The first-order chi connectivity index (χ1) is 19.3. The van der Waals surface area contributed by atoms with Gasteiger partial charge in [0.05, 0.1) is 12.5 Å². The highest BCUT2D eigenvalue weighted by Crippen LogP contribution is 2.35. The van der Waals surface area contributed by atoms with E-state index in [1.54, 1.807) is 9.80 Å². The number of carboxylic acid groups (broad SMARTS) is 1. The van der Waals surface area contributed by atoms with Crippen molar-refractivity contribution in [3.8, 4) is 0 Å². The van der Waals surface area contributed by atoms with Crippen LogP contribution in [0.5, 0.6) is 0 Å². The number of unbranched alkanes of at least 4 members (excludes halogenated alkanes) is 1. The van der Waals surface area contributed by atoms with Gasteiger partial charge in [-0.2, -0.15) is 0 Å². The summed E-state index contributed by atoms with van der Waals surface area (Å²) < 4.78 is 5.80. The van der Waals surface area contributed by atoms with Crippen molar-refractivity contribution in [3.63, 3.8) is 0 Å². The summed E-state index contributed by atoms with van der Waals surface area (Å²) in [6.45, 7) is 4.26. The van der Waals surface area contributed by atoms with Crippen LogP contribution in [0.3, 0.4) is 0 Å². The standard InChI is InChI=1S/C31H40N4O5/c1-2-3-15-33-30(32)25-11-9-24(10-12-25)27-19-26(40-31(39)35(27)21-23-7-5-4-6-8-23)20-28(36)34-16-13-22(14-17-34)18-29(37)38/h4-12,22,26-27H,2-3,13-21H2,1H3,(H2,32,33)(H,37,38)/t26-,27+/m1/s1. The number of aliphatic carboxylic acids is 1. The molecule has 2 saturated heterocycles. The van der Waals surface area contributed by atoms with Gasteiger partial charge in [0.2, 0.25) is 5.91 Å². The predicted molar refractivity (Wildman–Crippen MR) is 153 cm³/mol. The number of amides is 2. The minimum Gasteiger partial charge on any atom is -0.481 e. The van der Waals surface area contributed by atoms with E-state index in [1.165, 1.54) is 0 Å². The molecule has 3 N–H and O–H groups in total. The van der Waals surface area contributed by atoms with Gasteiger partial charge in [-0.1, -0.05) is 67.9 Å². The van der Waals surface area contributed by atoms with Crippen molar-refractivity contribution >= 4 is 23.8 Å². The minimum absolute atomic E-state index is 0.0618. The van der Waals surface area contributed by atoms with Crippen LogP contribution in [0.25, 0.3) is 0 Å². The third-order valence-corrected chi connectivity index (χ3v) is 7.78. The number of ether oxygens (including phenoxy) is 1. The summed E-state index contributed by atoms with van der Waals surface area (Å²) in [6.07, 6.45) is 3.13. The lowest BCUT2D eigenvalue weighted by molar-refractivity contribution is -0.139. The Bertz CT molecular complexity index is 1180. The molecule has 0 unspecified atom stereocenters. The molecule has 0 bridgehead atoms. The molecule has 2 fully saturated rings. The Morgan fingerprint density at radius 1 is 1.05 bits per heavy atom. The number of benzene rings is 2. The fourth-order valence-corrected chi connectivity index (χ4v) is 5.44. The normalized spacial score (nSPS) is 20.3. The molecule has 214 valence electrons. The number of nitrogens with zero attached hydrogens (tertiary/aromatic N) is 3. The number of piperidine rings is 1. The van der Waals surface area contributed by atoms with Gasteiger partial charge in [-0.3, -0.25) is 19.5 Å². The molecule has 0 spiro atoms. The zero-order valence-corrected chi connectivity index (χ0v) is 23.2. The van der Waals surface area contributed by atoms with Crippen molar-refractivity contribution in [2.75, 3.05) is 19.6 Å². The van der Waals surface area contributed by atoms with Crippen LogP contribution in [0.2, 0.25) is 0 Å². The molecule has 0 aromatic heterocycles. The van der Waals surface area contributed by atoms with Gasteiger partial charge in [-0.15, -0.1) is 0 Å². The van der Waals surface area contributed by atoms with E-state index >= 15 is 0 Å². The first-order valence-corrected chi connectivity index (χ1v) is 14.2. The van der Waals surface area contributed by atoms with E-state index < -0.39 is 18.2 Å². The summed E-state index contributed by atoms with van der Waals surface area (Å²) in [5.41, 5.74) is 8.97. The van der Waals surface area contributed by atoms with Crippen molar-refractivity contribution in [1.82, 2.24) is 9.80 Å². The second kappa shape index (κ2) is 14.0. The monoisotopic (exact) mass is 548 g/mol. The molecule has 2 heterocycles. The van der Waals surface area contributed by atoms with Gasteiger partial charge in [-0.25, -0.2) is 4.79 Å². The molecule has 4 rings (SSSR count). The van der Waals surface area contributed by atoms with Gasteiger partial charge in [0, 0.05) is 44.6 Å². The van der Waals surface area contributed by atoms with E-state index in [1.807, 2.05) is 54.6 Å². The van der Waals surface area contributed by atoms with E-state index in [0.29, 0.717) is 51.3 Å². The highest BCUT2D eigenvalue weighted by Gasteiger charge is 2.38. The lowest BCUT2D eigenvalue weighted by Crippen LogP contribution is -2.46. The van der Waals surface area contributed by atoms with Crippen molar-refractivity contribution in [1.29, 1.82) is 0 Å². The number of cyclic esters (lactones) is 1. The lowest BCUT2D eigenvalue weighted by Gasteiger charge is -2.40. The van der Waals surface area contributed by atoms with E-state index in [4.69, 9.17) is 15.6 Å². The first-order valence-electron chi connectivity index (χ1n) is 14.2. The summed E-state index contributed by atoms with van der Waals surface area (Å²) >= 11 is 0. The Balaban J connectivity index is 1.47. The molecule has 2 amide bonds. The fourth-order valence-electron chi connectivity index (χ4n) is 5.44. The maximum Gasteiger partial charge on any atom is 0.410 e. The molecule has 0 saturated carbocycles. The van der Waals surface area contributed by atoms with Gasteiger partial charge in [0.1, 0.15) is 11.9 Å². The van der Waals surface area contributed by atoms with Crippen LogP contribution in [-0.4, -0.2) is 64.4 Å². The fraction of sp³-hybridized carbons (Fsp3) is 0.484. The highest BCUT2D eigenvalue weighted by atomic mass is 16.6. The number of likely N-dealkylation sites (tertiary alicyclic amines) is 1. The van der Waals surface area contributed by atoms with E-state index in [9.17, 15) is 14.4 Å². The molecule has 2 aliphatic rings. The first kappa shape index (κ1) is 29.1. The van der Waals surface area contributed by atoms with Crippen LogP contribution in [0.4, 0.5) is 4.79 Å². The summed E-state index contributed by atoms with van der Waals surface area (Å²) in [4.78, 5) is 45.4. The second-order valence-electron chi connectivity index (χ2n) is 10.7. The van der Waals surface area contributed by atoms with Gasteiger partial charge in [0.25, 0.3) is 0 Å². The number of rotatable bonds is 11. The van der Waals surface area contributed by atoms with E-state index in [-0.39, 0.29) is 30.7 Å².